The van der Waals surface area contributed by atoms with Gasteiger partial charge in [0, 0.05) is 38.0 Å². The summed E-state index contributed by atoms with van der Waals surface area (Å²) < 4.78 is 5.54. The third kappa shape index (κ3) is 4.46. The summed E-state index contributed by atoms with van der Waals surface area (Å²) in [4.78, 5) is 38.0. The summed E-state index contributed by atoms with van der Waals surface area (Å²) in [6, 6.07) is 15.5. The van der Waals surface area contributed by atoms with Crippen molar-refractivity contribution in [3.05, 3.63) is 54.4 Å². The Morgan fingerprint density at radius 1 is 1.06 bits per heavy atom. The number of ether oxygens (including phenoxy) is 1. The van der Waals surface area contributed by atoms with E-state index in [9.17, 15) is 9.59 Å². The first-order valence-electron chi connectivity index (χ1n) is 11.6. The lowest BCUT2D eigenvalue weighted by atomic mass is 10.2. The van der Waals surface area contributed by atoms with E-state index in [4.69, 9.17) is 9.72 Å². The number of para-hydroxylation sites is 3. The summed E-state index contributed by atoms with van der Waals surface area (Å²) >= 11 is 0. The second kappa shape index (κ2) is 9.54. The molecule has 0 bridgehead atoms. The molecule has 1 unspecified atom stereocenters. The molecule has 2 aliphatic heterocycles. The molecule has 2 aromatic carbocycles. The molecular formula is C25H28N6O3. The van der Waals surface area contributed by atoms with Gasteiger partial charge in [0.15, 0.2) is 5.82 Å². The minimum absolute atomic E-state index is 0.0864. The smallest absolute Gasteiger partial charge is 0.242 e. The van der Waals surface area contributed by atoms with E-state index in [1.165, 1.54) is 0 Å². The number of fused-ring (bicyclic) bond motifs is 1. The maximum Gasteiger partial charge on any atom is 0.242 e. The molecule has 1 aromatic heterocycles. The number of rotatable bonds is 6. The van der Waals surface area contributed by atoms with Gasteiger partial charge >= 0.3 is 0 Å². The van der Waals surface area contributed by atoms with Crippen molar-refractivity contribution < 1.29 is 14.3 Å². The third-order valence-electron chi connectivity index (χ3n) is 6.37. The maximum atomic E-state index is 12.4. The molecule has 0 saturated carbocycles. The van der Waals surface area contributed by atoms with Crippen molar-refractivity contribution in [1.29, 1.82) is 0 Å². The zero-order valence-electron chi connectivity index (χ0n) is 19.2. The van der Waals surface area contributed by atoms with Gasteiger partial charge in [0.1, 0.15) is 17.6 Å². The molecule has 2 aliphatic rings. The number of benzene rings is 2. The lowest BCUT2D eigenvalue weighted by molar-refractivity contribution is -0.125. The molecular weight excluding hydrogens is 432 g/mol. The van der Waals surface area contributed by atoms with Crippen molar-refractivity contribution in [2.45, 2.75) is 25.4 Å². The molecule has 2 fully saturated rings. The molecule has 2 amide bonds. The van der Waals surface area contributed by atoms with E-state index in [-0.39, 0.29) is 18.4 Å². The van der Waals surface area contributed by atoms with Crippen LogP contribution >= 0.6 is 0 Å². The van der Waals surface area contributed by atoms with Crippen molar-refractivity contribution in [3.63, 3.8) is 0 Å². The highest BCUT2D eigenvalue weighted by atomic mass is 16.5. The Morgan fingerprint density at radius 2 is 1.79 bits per heavy atom. The summed E-state index contributed by atoms with van der Waals surface area (Å²) in [7, 11) is 1.70. The molecule has 0 aliphatic carbocycles. The topological polar surface area (TPSA) is 99.7 Å². The summed E-state index contributed by atoms with van der Waals surface area (Å²) in [6.45, 7) is 3.50. The summed E-state index contributed by atoms with van der Waals surface area (Å²) in [5.41, 5.74) is 1.94. The van der Waals surface area contributed by atoms with Crippen LogP contribution in [0.4, 0.5) is 11.5 Å². The normalized spacial score (nSPS) is 18.1. The second-order valence-corrected chi connectivity index (χ2v) is 8.50. The van der Waals surface area contributed by atoms with Crippen LogP contribution in [0.1, 0.15) is 18.7 Å². The van der Waals surface area contributed by atoms with E-state index in [2.05, 4.69) is 31.5 Å². The fraction of sp³-hybridized carbons (Fsp3) is 0.360. The molecule has 2 saturated heterocycles. The first-order chi connectivity index (χ1) is 16.6. The zero-order chi connectivity index (χ0) is 23.5. The van der Waals surface area contributed by atoms with Crippen molar-refractivity contribution in [2.75, 3.05) is 43.1 Å². The van der Waals surface area contributed by atoms with Crippen LogP contribution in [0.15, 0.2) is 48.5 Å². The molecule has 1 atom stereocenters. The number of hydrogen-bond donors (Lipinski definition) is 2. The molecule has 0 spiro atoms. The van der Waals surface area contributed by atoms with Gasteiger partial charge in [-0.2, -0.15) is 0 Å². The van der Waals surface area contributed by atoms with E-state index in [1.807, 2.05) is 42.5 Å². The number of piperazine rings is 1. The minimum atomic E-state index is -0.476. The van der Waals surface area contributed by atoms with Crippen LogP contribution < -0.4 is 25.2 Å². The Balaban J connectivity index is 1.33. The SMILES string of the molecule is COc1ccccc1N1CCN(c2nc(CNC(=O)C3CCC(=O)N3)nc3ccccc23)CC1. The minimum Gasteiger partial charge on any atom is -0.495 e. The van der Waals surface area contributed by atoms with Gasteiger partial charge < -0.3 is 25.2 Å². The Morgan fingerprint density at radius 3 is 2.56 bits per heavy atom. The summed E-state index contributed by atoms with van der Waals surface area (Å²) in [5, 5.41) is 6.56. The van der Waals surface area contributed by atoms with Crippen molar-refractivity contribution in [3.8, 4) is 5.75 Å². The predicted octanol–water partition coefficient (Wildman–Crippen LogP) is 1.86. The molecule has 0 radical (unpaired) electrons. The van der Waals surface area contributed by atoms with E-state index in [1.54, 1.807) is 7.11 Å². The average Bonchev–Trinajstić information content (AvgIpc) is 3.33. The predicted molar refractivity (Wildman–Crippen MR) is 130 cm³/mol. The van der Waals surface area contributed by atoms with Crippen LogP contribution in [-0.2, 0) is 16.1 Å². The Hall–Kier alpha value is -3.88. The molecule has 176 valence electrons. The van der Waals surface area contributed by atoms with Crippen molar-refractivity contribution in [2.24, 2.45) is 0 Å². The van der Waals surface area contributed by atoms with Crippen LogP contribution in [0.3, 0.4) is 0 Å². The first-order valence-corrected chi connectivity index (χ1v) is 11.6. The number of carbonyl (C=O) groups is 2. The second-order valence-electron chi connectivity index (χ2n) is 8.50. The monoisotopic (exact) mass is 460 g/mol. The van der Waals surface area contributed by atoms with Gasteiger partial charge in [-0.15, -0.1) is 0 Å². The van der Waals surface area contributed by atoms with Gasteiger partial charge in [-0.05, 0) is 30.7 Å². The highest BCUT2D eigenvalue weighted by Crippen LogP contribution is 2.30. The van der Waals surface area contributed by atoms with Gasteiger partial charge in [-0.1, -0.05) is 24.3 Å². The standard InChI is InChI=1S/C25H28N6O3/c1-34-21-9-5-4-8-20(21)30-12-14-31(15-13-30)24-17-6-2-3-7-18(17)27-22(29-24)16-26-25(33)19-10-11-23(32)28-19/h2-9,19H,10-16H2,1H3,(H,26,33)(H,28,32). The number of aromatic nitrogens is 2. The van der Waals surface area contributed by atoms with E-state index >= 15 is 0 Å². The Kier molecular flexibility index (Phi) is 6.16. The third-order valence-corrected chi connectivity index (χ3v) is 6.37. The first kappa shape index (κ1) is 21.9. The fourth-order valence-electron chi connectivity index (χ4n) is 4.58. The lowest BCUT2D eigenvalue weighted by Gasteiger charge is -2.37. The summed E-state index contributed by atoms with van der Waals surface area (Å²) in [5.74, 6) is 2.02. The number of carbonyl (C=O) groups excluding carboxylic acids is 2. The largest absolute Gasteiger partial charge is 0.495 e. The number of nitrogens with zero attached hydrogens (tertiary/aromatic N) is 4. The Labute approximate surface area is 198 Å². The molecule has 2 N–H and O–H groups in total. The molecule has 3 heterocycles. The maximum absolute atomic E-state index is 12.4. The molecule has 9 nitrogen and oxygen atoms in total. The van der Waals surface area contributed by atoms with Crippen molar-refractivity contribution >= 4 is 34.2 Å². The number of hydrogen-bond acceptors (Lipinski definition) is 7. The van der Waals surface area contributed by atoms with Crippen LogP contribution in [0.25, 0.3) is 10.9 Å². The quantitative estimate of drug-likeness (QED) is 0.579. The molecule has 9 heteroatoms. The van der Waals surface area contributed by atoms with Crippen LogP contribution in [-0.4, -0.2) is 61.1 Å². The highest BCUT2D eigenvalue weighted by Gasteiger charge is 2.27. The van der Waals surface area contributed by atoms with E-state index in [0.29, 0.717) is 18.7 Å². The molecule has 34 heavy (non-hydrogen) atoms. The van der Waals surface area contributed by atoms with E-state index in [0.717, 1.165) is 54.3 Å². The highest BCUT2D eigenvalue weighted by molar-refractivity contribution is 5.91. The molecule has 5 rings (SSSR count). The number of amides is 2. The van der Waals surface area contributed by atoms with Crippen LogP contribution in [0, 0.1) is 0 Å². The fourth-order valence-corrected chi connectivity index (χ4v) is 4.58. The molecule has 3 aromatic rings. The van der Waals surface area contributed by atoms with E-state index < -0.39 is 6.04 Å². The summed E-state index contributed by atoms with van der Waals surface area (Å²) in [6.07, 6.45) is 0.903. The van der Waals surface area contributed by atoms with Crippen LogP contribution in [0.5, 0.6) is 5.75 Å². The van der Waals surface area contributed by atoms with Gasteiger partial charge in [0.2, 0.25) is 11.8 Å². The Bertz CT molecular complexity index is 1210. The number of nitrogens with one attached hydrogen (secondary N) is 2. The van der Waals surface area contributed by atoms with Gasteiger partial charge in [0.05, 0.1) is 24.9 Å². The van der Waals surface area contributed by atoms with Crippen LogP contribution in [0.2, 0.25) is 0 Å². The van der Waals surface area contributed by atoms with Gasteiger partial charge in [-0.25, -0.2) is 9.97 Å². The van der Waals surface area contributed by atoms with Gasteiger partial charge in [0.25, 0.3) is 0 Å². The van der Waals surface area contributed by atoms with Gasteiger partial charge in [-0.3, -0.25) is 9.59 Å². The average molecular weight is 461 g/mol. The lowest BCUT2D eigenvalue weighted by Crippen LogP contribution is -2.47. The number of methoxy groups -OCH3 is 1. The van der Waals surface area contributed by atoms with Crippen molar-refractivity contribution in [1.82, 2.24) is 20.6 Å². The zero-order valence-corrected chi connectivity index (χ0v) is 19.2. The number of anilines is 2.